The zero-order chi connectivity index (χ0) is 19.3. The summed E-state index contributed by atoms with van der Waals surface area (Å²) in [6.45, 7) is 3.76. The molecule has 0 spiro atoms. The van der Waals surface area contributed by atoms with Crippen LogP contribution in [0.25, 0.3) is 0 Å². The lowest BCUT2D eigenvalue weighted by molar-refractivity contribution is -0.131. The molecule has 0 fully saturated rings. The molecule has 140 valence electrons. The van der Waals surface area contributed by atoms with Crippen molar-refractivity contribution in [2.45, 2.75) is 37.9 Å². The number of carbonyl (C=O) groups excluding carboxylic acids is 1. The molecule has 2 aromatic rings. The largest absolute Gasteiger partial charge is 0.496 e. The molecule has 0 aliphatic rings. The fraction of sp³-hybridized carbons (Fsp3) is 0.421. The Balaban J connectivity index is 2.09. The van der Waals surface area contributed by atoms with Crippen molar-refractivity contribution in [3.63, 3.8) is 0 Å². The topological polar surface area (TPSA) is 75.3 Å². The van der Waals surface area contributed by atoms with Crippen molar-refractivity contribution in [3.05, 3.63) is 51.4 Å². The number of aromatic amines is 1. The minimum absolute atomic E-state index is 0.0313. The molecule has 0 bridgehead atoms. The number of para-hydroxylation sites is 1. The maximum atomic E-state index is 12.6. The Kier molecular flexibility index (Phi) is 6.85. The molecule has 1 N–H and O–H groups in total. The predicted octanol–water partition coefficient (Wildman–Crippen LogP) is 2.96. The van der Waals surface area contributed by atoms with Crippen LogP contribution in [0.1, 0.15) is 36.2 Å². The zero-order valence-corrected chi connectivity index (χ0v) is 16.6. The Labute approximate surface area is 158 Å². The number of benzene rings is 1. The lowest BCUT2D eigenvalue weighted by atomic mass is 10.0. The summed E-state index contributed by atoms with van der Waals surface area (Å²) in [6, 6.07) is 7.53. The molecular formula is C19H25N3O3S. The van der Waals surface area contributed by atoms with Gasteiger partial charge in [0.1, 0.15) is 5.75 Å². The van der Waals surface area contributed by atoms with E-state index in [1.807, 2.05) is 37.4 Å². The first-order chi connectivity index (χ1) is 12.4. The molecule has 0 aliphatic heterocycles. The van der Waals surface area contributed by atoms with Gasteiger partial charge < -0.3 is 14.6 Å². The number of rotatable bonds is 7. The minimum atomic E-state index is -0.171. The fourth-order valence-corrected chi connectivity index (χ4v) is 3.24. The fourth-order valence-electron chi connectivity index (χ4n) is 2.82. The Bertz CT molecular complexity index is 835. The van der Waals surface area contributed by atoms with Crippen LogP contribution in [0, 0.1) is 6.92 Å². The van der Waals surface area contributed by atoms with E-state index < -0.39 is 0 Å². The van der Waals surface area contributed by atoms with Crippen LogP contribution in [0.2, 0.25) is 0 Å². The summed E-state index contributed by atoms with van der Waals surface area (Å²) in [5.74, 6) is 0.722. The van der Waals surface area contributed by atoms with Gasteiger partial charge in [0.05, 0.1) is 13.2 Å². The molecule has 1 aromatic heterocycles. The molecule has 1 atom stereocenters. The van der Waals surface area contributed by atoms with Crippen molar-refractivity contribution in [3.8, 4) is 5.75 Å². The van der Waals surface area contributed by atoms with Crippen LogP contribution < -0.4 is 10.3 Å². The summed E-state index contributed by atoms with van der Waals surface area (Å²) in [7, 11) is 3.39. The maximum absolute atomic E-state index is 12.6. The van der Waals surface area contributed by atoms with Gasteiger partial charge in [0.25, 0.3) is 5.56 Å². The zero-order valence-electron chi connectivity index (χ0n) is 15.8. The van der Waals surface area contributed by atoms with E-state index in [9.17, 15) is 9.59 Å². The number of aromatic nitrogens is 2. The summed E-state index contributed by atoms with van der Waals surface area (Å²) < 4.78 is 5.39. The second-order valence-electron chi connectivity index (χ2n) is 6.06. The van der Waals surface area contributed by atoms with Crippen LogP contribution in [0.15, 0.2) is 34.2 Å². The Morgan fingerprint density at radius 3 is 2.69 bits per heavy atom. The van der Waals surface area contributed by atoms with Crippen molar-refractivity contribution in [2.24, 2.45) is 0 Å². The molecule has 0 saturated heterocycles. The van der Waals surface area contributed by atoms with Gasteiger partial charge >= 0.3 is 0 Å². The first kappa shape index (κ1) is 20.0. The molecule has 2 rings (SSSR count). The number of carbonyl (C=O) groups is 1. The number of H-pyrrole nitrogens is 1. The number of methoxy groups -OCH3 is 1. The molecule has 1 heterocycles. The van der Waals surface area contributed by atoms with Crippen LogP contribution in [0.4, 0.5) is 0 Å². The van der Waals surface area contributed by atoms with Gasteiger partial charge in [-0.25, -0.2) is 4.98 Å². The van der Waals surface area contributed by atoms with Gasteiger partial charge in [0.2, 0.25) is 5.91 Å². The van der Waals surface area contributed by atoms with E-state index >= 15 is 0 Å². The molecular weight excluding hydrogens is 350 g/mol. The van der Waals surface area contributed by atoms with Crippen LogP contribution in [-0.2, 0) is 11.2 Å². The van der Waals surface area contributed by atoms with Gasteiger partial charge in [-0.2, -0.15) is 0 Å². The number of nitrogens with zero attached hydrogens (tertiary/aromatic N) is 2. The van der Waals surface area contributed by atoms with Crippen molar-refractivity contribution >= 4 is 17.7 Å². The quantitative estimate of drug-likeness (QED) is 0.595. The third kappa shape index (κ3) is 4.46. The maximum Gasteiger partial charge on any atom is 0.254 e. The second kappa shape index (κ2) is 8.89. The summed E-state index contributed by atoms with van der Waals surface area (Å²) in [5.41, 5.74) is 2.02. The molecule has 7 heteroatoms. The highest BCUT2D eigenvalue weighted by Crippen LogP contribution is 2.28. The SMILES string of the molecule is COc1ccccc1C(C)N(C)C(=O)CCc1c(C)nc(SC)[nH]c1=O. The van der Waals surface area contributed by atoms with Gasteiger partial charge in [0, 0.05) is 30.3 Å². The highest BCUT2D eigenvalue weighted by molar-refractivity contribution is 7.98. The smallest absolute Gasteiger partial charge is 0.254 e. The van der Waals surface area contributed by atoms with Gasteiger partial charge in [0.15, 0.2) is 5.16 Å². The van der Waals surface area contributed by atoms with E-state index in [1.54, 1.807) is 26.0 Å². The number of ether oxygens (including phenoxy) is 1. The Hall–Kier alpha value is -2.28. The van der Waals surface area contributed by atoms with Crippen molar-refractivity contribution < 1.29 is 9.53 Å². The molecule has 26 heavy (non-hydrogen) atoms. The van der Waals surface area contributed by atoms with Crippen molar-refractivity contribution in [1.82, 2.24) is 14.9 Å². The standard InChI is InChI=1S/C19H25N3O3S/c1-12-14(18(24)21-19(20-12)26-5)10-11-17(23)22(3)13(2)15-8-6-7-9-16(15)25-4/h6-9,13H,10-11H2,1-5H3,(H,20,21,24). The normalized spacial score (nSPS) is 11.9. The first-order valence-electron chi connectivity index (χ1n) is 8.41. The van der Waals surface area contributed by atoms with Gasteiger partial charge in [-0.15, -0.1) is 0 Å². The summed E-state index contributed by atoms with van der Waals surface area (Å²) in [6.07, 6.45) is 2.47. The highest BCUT2D eigenvalue weighted by Gasteiger charge is 2.21. The van der Waals surface area contributed by atoms with E-state index in [0.717, 1.165) is 11.3 Å². The van der Waals surface area contributed by atoms with E-state index in [-0.39, 0.29) is 23.9 Å². The molecule has 1 unspecified atom stereocenters. The lowest BCUT2D eigenvalue weighted by Gasteiger charge is -2.26. The van der Waals surface area contributed by atoms with E-state index in [2.05, 4.69) is 9.97 Å². The van der Waals surface area contributed by atoms with Gasteiger partial charge in [-0.1, -0.05) is 30.0 Å². The number of nitrogens with one attached hydrogen (secondary N) is 1. The molecule has 0 aliphatic carbocycles. The first-order valence-corrected chi connectivity index (χ1v) is 9.63. The average molecular weight is 375 g/mol. The molecule has 6 nitrogen and oxygen atoms in total. The number of amides is 1. The Morgan fingerprint density at radius 1 is 1.38 bits per heavy atom. The molecule has 0 saturated carbocycles. The number of hydrogen-bond acceptors (Lipinski definition) is 5. The highest BCUT2D eigenvalue weighted by atomic mass is 32.2. The van der Waals surface area contributed by atoms with Crippen LogP contribution >= 0.6 is 11.8 Å². The number of hydrogen-bond donors (Lipinski definition) is 1. The second-order valence-corrected chi connectivity index (χ2v) is 6.86. The summed E-state index contributed by atoms with van der Waals surface area (Å²) in [4.78, 5) is 33.6. The summed E-state index contributed by atoms with van der Waals surface area (Å²) >= 11 is 1.39. The van der Waals surface area contributed by atoms with E-state index in [0.29, 0.717) is 22.8 Å². The van der Waals surface area contributed by atoms with E-state index in [1.165, 1.54) is 11.8 Å². The van der Waals surface area contributed by atoms with E-state index in [4.69, 9.17) is 4.74 Å². The minimum Gasteiger partial charge on any atom is -0.496 e. The van der Waals surface area contributed by atoms with Gasteiger partial charge in [-0.3, -0.25) is 9.59 Å². The van der Waals surface area contributed by atoms with Gasteiger partial charge in [-0.05, 0) is 32.6 Å². The average Bonchev–Trinajstić information content (AvgIpc) is 2.65. The molecule has 1 aromatic carbocycles. The number of thioether (sulfide) groups is 1. The van der Waals surface area contributed by atoms with Crippen molar-refractivity contribution in [1.29, 1.82) is 0 Å². The van der Waals surface area contributed by atoms with Crippen LogP contribution in [0.5, 0.6) is 5.75 Å². The predicted molar refractivity (Wildman–Crippen MR) is 104 cm³/mol. The molecule has 0 radical (unpaired) electrons. The van der Waals surface area contributed by atoms with Crippen LogP contribution in [-0.4, -0.2) is 41.2 Å². The Morgan fingerprint density at radius 2 is 2.08 bits per heavy atom. The van der Waals surface area contributed by atoms with Crippen LogP contribution in [0.3, 0.4) is 0 Å². The lowest BCUT2D eigenvalue weighted by Crippen LogP contribution is -2.30. The van der Waals surface area contributed by atoms with Crippen molar-refractivity contribution in [2.75, 3.05) is 20.4 Å². The third-order valence-electron chi connectivity index (χ3n) is 4.55. The third-order valence-corrected chi connectivity index (χ3v) is 5.13. The number of aryl methyl sites for hydroxylation is 1. The molecule has 1 amide bonds. The monoisotopic (exact) mass is 375 g/mol. The summed E-state index contributed by atoms with van der Waals surface area (Å²) in [5, 5.41) is 0.587.